The Hall–Kier alpha value is -1.81. The first-order chi connectivity index (χ1) is 9.22. The summed E-state index contributed by atoms with van der Waals surface area (Å²) in [6.07, 6.45) is 5.41. The molecule has 1 aliphatic carbocycles. The van der Waals surface area contributed by atoms with Gasteiger partial charge in [0.1, 0.15) is 5.82 Å². The molecule has 19 heavy (non-hydrogen) atoms. The summed E-state index contributed by atoms with van der Waals surface area (Å²) >= 11 is 0. The van der Waals surface area contributed by atoms with Gasteiger partial charge in [-0.25, -0.2) is 4.98 Å². The molecule has 0 atom stereocenters. The normalized spacial score (nSPS) is 23.4. The number of aliphatic hydroxyl groups is 1. The Morgan fingerprint density at radius 1 is 1.16 bits per heavy atom. The average Bonchev–Trinajstić information content (AvgIpc) is 2.41. The van der Waals surface area contributed by atoms with Gasteiger partial charge in [0, 0.05) is 23.3 Å². The van der Waals surface area contributed by atoms with Crippen LogP contribution in [0.1, 0.15) is 25.7 Å². The minimum Gasteiger partial charge on any atom is -0.399 e. The van der Waals surface area contributed by atoms with Crippen LogP contribution in [0.15, 0.2) is 30.5 Å². The molecule has 100 valence electrons. The number of aromatic nitrogens is 1. The highest BCUT2D eigenvalue weighted by Crippen LogP contribution is 2.27. The molecule has 1 heterocycles. The van der Waals surface area contributed by atoms with Gasteiger partial charge in [-0.05, 0) is 55.3 Å². The van der Waals surface area contributed by atoms with Crippen LogP contribution < -0.4 is 11.1 Å². The zero-order valence-corrected chi connectivity index (χ0v) is 10.8. The Balaban J connectivity index is 1.84. The van der Waals surface area contributed by atoms with Crippen LogP contribution >= 0.6 is 0 Å². The molecule has 1 aromatic heterocycles. The fraction of sp³-hybridized carbons (Fsp3) is 0.400. The quantitative estimate of drug-likeness (QED) is 0.723. The van der Waals surface area contributed by atoms with E-state index >= 15 is 0 Å². The van der Waals surface area contributed by atoms with Gasteiger partial charge in [-0.1, -0.05) is 0 Å². The molecule has 1 fully saturated rings. The first kappa shape index (κ1) is 12.2. The zero-order chi connectivity index (χ0) is 13.2. The second-order valence-corrected chi connectivity index (χ2v) is 5.29. The predicted octanol–water partition coefficient (Wildman–Crippen LogP) is 2.53. The standard InChI is InChI=1S/C15H19N3O/c16-11-1-6-14-10(9-11)7-8-17-15(14)18-12-2-4-13(19)5-3-12/h1,6-9,12-13,19H,2-5,16H2,(H,17,18). The molecular formula is C15H19N3O. The molecule has 4 nitrogen and oxygen atoms in total. The highest BCUT2D eigenvalue weighted by atomic mass is 16.3. The third-order valence-corrected chi connectivity index (χ3v) is 3.83. The van der Waals surface area contributed by atoms with Crippen molar-refractivity contribution >= 4 is 22.3 Å². The lowest BCUT2D eigenvalue weighted by Gasteiger charge is -2.27. The van der Waals surface area contributed by atoms with E-state index in [2.05, 4.69) is 10.3 Å². The lowest BCUT2D eigenvalue weighted by molar-refractivity contribution is 0.126. The number of hydrogen-bond acceptors (Lipinski definition) is 4. The van der Waals surface area contributed by atoms with Crippen LogP contribution in [0.4, 0.5) is 11.5 Å². The first-order valence-electron chi connectivity index (χ1n) is 6.81. The van der Waals surface area contributed by atoms with Gasteiger partial charge in [0.05, 0.1) is 6.10 Å². The maximum absolute atomic E-state index is 9.54. The number of nitrogens with one attached hydrogen (secondary N) is 1. The molecule has 4 N–H and O–H groups in total. The van der Waals surface area contributed by atoms with E-state index in [0.29, 0.717) is 6.04 Å². The minimum absolute atomic E-state index is 0.127. The average molecular weight is 257 g/mol. The predicted molar refractivity (Wildman–Crippen MR) is 78.0 cm³/mol. The summed E-state index contributed by atoms with van der Waals surface area (Å²) < 4.78 is 0. The van der Waals surface area contributed by atoms with Gasteiger partial charge >= 0.3 is 0 Å². The lowest BCUT2D eigenvalue weighted by atomic mass is 9.93. The van der Waals surface area contributed by atoms with Crippen molar-refractivity contribution in [2.75, 3.05) is 11.1 Å². The maximum atomic E-state index is 9.54. The monoisotopic (exact) mass is 257 g/mol. The minimum atomic E-state index is -0.127. The summed E-state index contributed by atoms with van der Waals surface area (Å²) in [6, 6.07) is 8.25. The molecule has 1 aliphatic rings. The van der Waals surface area contributed by atoms with Crippen LogP contribution in [0.2, 0.25) is 0 Å². The summed E-state index contributed by atoms with van der Waals surface area (Å²) in [5, 5.41) is 15.2. The van der Waals surface area contributed by atoms with Crippen molar-refractivity contribution in [2.45, 2.75) is 37.8 Å². The highest BCUT2D eigenvalue weighted by molar-refractivity contribution is 5.93. The molecule has 0 saturated heterocycles. The molecule has 0 unspecified atom stereocenters. The van der Waals surface area contributed by atoms with Gasteiger partial charge in [0.15, 0.2) is 0 Å². The smallest absolute Gasteiger partial charge is 0.134 e. The van der Waals surface area contributed by atoms with E-state index in [0.717, 1.165) is 48.0 Å². The summed E-state index contributed by atoms with van der Waals surface area (Å²) in [4.78, 5) is 4.44. The number of nitrogens with zero attached hydrogens (tertiary/aromatic N) is 1. The Labute approximate surface area is 112 Å². The Bertz CT molecular complexity index is 577. The van der Waals surface area contributed by atoms with Gasteiger partial charge < -0.3 is 16.2 Å². The van der Waals surface area contributed by atoms with Crippen molar-refractivity contribution in [3.8, 4) is 0 Å². The lowest BCUT2D eigenvalue weighted by Crippen LogP contribution is -2.28. The van der Waals surface area contributed by atoms with Crippen molar-refractivity contribution in [1.29, 1.82) is 0 Å². The van der Waals surface area contributed by atoms with Gasteiger partial charge in [-0.15, -0.1) is 0 Å². The molecule has 0 amide bonds. The summed E-state index contributed by atoms with van der Waals surface area (Å²) in [6.45, 7) is 0. The number of nitrogen functional groups attached to an aromatic ring is 1. The molecular weight excluding hydrogens is 238 g/mol. The fourth-order valence-electron chi connectivity index (χ4n) is 2.72. The number of rotatable bonds is 2. The first-order valence-corrected chi connectivity index (χ1v) is 6.81. The summed E-state index contributed by atoms with van der Waals surface area (Å²) in [5.74, 6) is 0.916. The third kappa shape index (κ3) is 2.63. The van der Waals surface area contributed by atoms with Crippen LogP contribution in [0.25, 0.3) is 10.8 Å². The molecule has 1 saturated carbocycles. The molecule has 2 aromatic rings. The van der Waals surface area contributed by atoms with E-state index in [-0.39, 0.29) is 6.10 Å². The van der Waals surface area contributed by atoms with E-state index < -0.39 is 0 Å². The number of pyridine rings is 1. The van der Waals surface area contributed by atoms with E-state index in [4.69, 9.17) is 5.73 Å². The van der Waals surface area contributed by atoms with E-state index in [1.165, 1.54) is 0 Å². The van der Waals surface area contributed by atoms with Crippen molar-refractivity contribution < 1.29 is 5.11 Å². The Kier molecular flexibility index (Phi) is 3.25. The van der Waals surface area contributed by atoms with Crippen molar-refractivity contribution in [1.82, 2.24) is 4.98 Å². The molecule has 0 aliphatic heterocycles. The van der Waals surface area contributed by atoms with E-state index in [9.17, 15) is 5.11 Å². The Morgan fingerprint density at radius 2 is 1.95 bits per heavy atom. The molecule has 4 heteroatoms. The molecule has 3 rings (SSSR count). The SMILES string of the molecule is Nc1ccc2c(NC3CCC(O)CC3)nccc2c1. The largest absolute Gasteiger partial charge is 0.399 e. The van der Waals surface area contributed by atoms with Crippen molar-refractivity contribution in [2.24, 2.45) is 0 Å². The third-order valence-electron chi connectivity index (χ3n) is 3.83. The molecule has 0 radical (unpaired) electrons. The topological polar surface area (TPSA) is 71.2 Å². The number of hydrogen-bond donors (Lipinski definition) is 3. The van der Waals surface area contributed by atoms with Gasteiger partial charge in [0.25, 0.3) is 0 Å². The number of anilines is 2. The number of nitrogens with two attached hydrogens (primary N) is 1. The maximum Gasteiger partial charge on any atom is 0.134 e. The van der Waals surface area contributed by atoms with Crippen molar-refractivity contribution in [3.05, 3.63) is 30.5 Å². The highest BCUT2D eigenvalue weighted by Gasteiger charge is 2.19. The number of benzene rings is 1. The van der Waals surface area contributed by atoms with Crippen LogP contribution in [0.3, 0.4) is 0 Å². The van der Waals surface area contributed by atoms with Gasteiger partial charge in [-0.2, -0.15) is 0 Å². The Morgan fingerprint density at radius 3 is 2.74 bits per heavy atom. The van der Waals surface area contributed by atoms with Gasteiger partial charge in [0.2, 0.25) is 0 Å². The van der Waals surface area contributed by atoms with Crippen LogP contribution in [-0.2, 0) is 0 Å². The van der Waals surface area contributed by atoms with Crippen LogP contribution in [0.5, 0.6) is 0 Å². The molecule has 0 bridgehead atoms. The molecule has 1 aromatic carbocycles. The van der Waals surface area contributed by atoms with Crippen LogP contribution in [0, 0.1) is 0 Å². The van der Waals surface area contributed by atoms with Crippen molar-refractivity contribution in [3.63, 3.8) is 0 Å². The number of fused-ring (bicyclic) bond motifs is 1. The second kappa shape index (κ2) is 5.05. The zero-order valence-electron chi connectivity index (χ0n) is 10.8. The number of aliphatic hydroxyl groups excluding tert-OH is 1. The van der Waals surface area contributed by atoms with E-state index in [1.54, 1.807) is 0 Å². The van der Waals surface area contributed by atoms with Gasteiger partial charge in [-0.3, -0.25) is 0 Å². The van der Waals surface area contributed by atoms with E-state index in [1.807, 2.05) is 30.5 Å². The second-order valence-electron chi connectivity index (χ2n) is 5.29. The summed E-state index contributed by atoms with van der Waals surface area (Å²) in [7, 11) is 0. The van der Waals surface area contributed by atoms with Crippen LogP contribution in [-0.4, -0.2) is 22.2 Å². The fourth-order valence-corrected chi connectivity index (χ4v) is 2.72. The molecule has 0 spiro atoms. The summed E-state index contributed by atoms with van der Waals surface area (Å²) in [5.41, 5.74) is 6.57.